The van der Waals surface area contributed by atoms with Crippen LogP contribution < -0.4 is 5.73 Å². The summed E-state index contributed by atoms with van der Waals surface area (Å²) >= 11 is 5.06. The van der Waals surface area contributed by atoms with Gasteiger partial charge in [-0.2, -0.15) is 0 Å². The summed E-state index contributed by atoms with van der Waals surface area (Å²) in [5.74, 6) is 0. The van der Waals surface area contributed by atoms with E-state index in [9.17, 15) is 0 Å². The summed E-state index contributed by atoms with van der Waals surface area (Å²) in [5.41, 5.74) is 5.70. The SMILES string of the molecule is CCC(CC)N(CC(N)=S)C1CCCC1. The van der Waals surface area contributed by atoms with Gasteiger partial charge in [-0.05, 0) is 25.7 Å². The van der Waals surface area contributed by atoms with Crippen molar-refractivity contribution in [2.45, 2.75) is 64.5 Å². The Morgan fingerprint density at radius 2 is 1.87 bits per heavy atom. The van der Waals surface area contributed by atoms with Crippen molar-refractivity contribution in [2.75, 3.05) is 6.54 Å². The third-order valence-corrected chi connectivity index (χ3v) is 3.67. The lowest BCUT2D eigenvalue weighted by molar-refractivity contribution is 0.150. The zero-order valence-corrected chi connectivity index (χ0v) is 10.9. The van der Waals surface area contributed by atoms with Gasteiger partial charge in [0.05, 0.1) is 4.99 Å². The highest BCUT2D eigenvalue weighted by molar-refractivity contribution is 7.80. The minimum absolute atomic E-state index is 0.647. The van der Waals surface area contributed by atoms with Crippen LogP contribution in [0.3, 0.4) is 0 Å². The smallest absolute Gasteiger partial charge is 0.0870 e. The molecular formula is C12H24N2S. The minimum Gasteiger partial charge on any atom is -0.392 e. The van der Waals surface area contributed by atoms with Crippen molar-refractivity contribution in [3.8, 4) is 0 Å². The Labute approximate surface area is 99.2 Å². The molecule has 1 rings (SSSR count). The predicted octanol–water partition coefficient (Wildman–Crippen LogP) is 2.71. The zero-order valence-electron chi connectivity index (χ0n) is 10.0. The average Bonchev–Trinajstić information content (AvgIpc) is 2.70. The first-order chi connectivity index (χ1) is 7.19. The maximum absolute atomic E-state index is 5.70. The monoisotopic (exact) mass is 228 g/mol. The van der Waals surface area contributed by atoms with Crippen LogP contribution in [0.25, 0.3) is 0 Å². The third kappa shape index (κ3) is 3.72. The number of nitrogens with zero attached hydrogens (tertiary/aromatic N) is 1. The molecule has 2 nitrogen and oxygen atoms in total. The van der Waals surface area contributed by atoms with Crippen molar-refractivity contribution in [1.82, 2.24) is 4.90 Å². The van der Waals surface area contributed by atoms with Gasteiger partial charge in [0, 0.05) is 18.6 Å². The number of thiocarbonyl (C=S) groups is 1. The molecule has 0 atom stereocenters. The lowest BCUT2D eigenvalue weighted by atomic mass is 10.1. The summed E-state index contributed by atoms with van der Waals surface area (Å²) in [6.45, 7) is 5.33. The molecule has 1 aliphatic rings. The summed E-state index contributed by atoms with van der Waals surface area (Å²) in [7, 11) is 0. The summed E-state index contributed by atoms with van der Waals surface area (Å²) in [6, 6.07) is 1.39. The van der Waals surface area contributed by atoms with Crippen LogP contribution in [-0.2, 0) is 0 Å². The second-order valence-corrected chi connectivity index (χ2v) is 5.07. The first kappa shape index (κ1) is 12.9. The topological polar surface area (TPSA) is 29.3 Å². The van der Waals surface area contributed by atoms with Gasteiger partial charge in [0.25, 0.3) is 0 Å². The van der Waals surface area contributed by atoms with Crippen LogP contribution >= 0.6 is 12.2 Å². The van der Waals surface area contributed by atoms with E-state index in [1.165, 1.54) is 38.5 Å². The fourth-order valence-electron chi connectivity index (χ4n) is 2.73. The molecule has 0 aromatic rings. The summed E-state index contributed by atoms with van der Waals surface area (Å²) in [6.07, 6.45) is 7.82. The van der Waals surface area contributed by atoms with Crippen LogP contribution in [0.15, 0.2) is 0 Å². The van der Waals surface area contributed by atoms with Crippen molar-refractivity contribution < 1.29 is 0 Å². The standard InChI is InChI=1S/C12H24N2S/c1-3-10(4-2)14(9-12(13)15)11-7-5-6-8-11/h10-11H,3-9H2,1-2H3,(H2,13,15). The minimum atomic E-state index is 0.647. The van der Waals surface area contributed by atoms with E-state index >= 15 is 0 Å². The molecule has 0 heterocycles. The highest BCUT2D eigenvalue weighted by Gasteiger charge is 2.27. The fourth-order valence-corrected chi connectivity index (χ4v) is 2.88. The number of hydrogen-bond donors (Lipinski definition) is 1. The molecule has 0 aromatic heterocycles. The molecule has 0 saturated heterocycles. The molecule has 1 fully saturated rings. The van der Waals surface area contributed by atoms with E-state index in [0.717, 1.165) is 12.6 Å². The third-order valence-electron chi connectivity index (χ3n) is 3.54. The summed E-state index contributed by atoms with van der Waals surface area (Å²) < 4.78 is 0. The van der Waals surface area contributed by atoms with Gasteiger partial charge >= 0.3 is 0 Å². The van der Waals surface area contributed by atoms with Gasteiger partial charge in [-0.15, -0.1) is 0 Å². The molecule has 0 aromatic carbocycles. The van der Waals surface area contributed by atoms with Crippen molar-refractivity contribution >= 4 is 17.2 Å². The molecule has 0 radical (unpaired) electrons. The molecule has 15 heavy (non-hydrogen) atoms. The number of rotatable bonds is 6. The van der Waals surface area contributed by atoms with Gasteiger partial charge in [0.1, 0.15) is 0 Å². The molecule has 0 spiro atoms. The Balaban J connectivity index is 2.61. The molecule has 2 N–H and O–H groups in total. The molecular weight excluding hydrogens is 204 g/mol. The largest absolute Gasteiger partial charge is 0.392 e. The van der Waals surface area contributed by atoms with Gasteiger partial charge in [0.2, 0.25) is 0 Å². The molecule has 0 bridgehead atoms. The van der Waals surface area contributed by atoms with Gasteiger partial charge < -0.3 is 5.73 Å². The van der Waals surface area contributed by atoms with E-state index < -0.39 is 0 Å². The van der Waals surface area contributed by atoms with Gasteiger partial charge in [-0.25, -0.2) is 0 Å². The summed E-state index contributed by atoms with van der Waals surface area (Å²) in [5, 5.41) is 0. The molecule has 0 amide bonds. The van der Waals surface area contributed by atoms with E-state index in [1.54, 1.807) is 0 Å². The first-order valence-corrected chi connectivity index (χ1v) is 6.63. The Hall–Kier alpha value is -0.150. The molecule has 1 saturated carbocycles. The summed E-state index contributed by atoms with van der Waals surface area (Å²) in [4.78, 5) is 3.20. The molecule has 3 heteroatoms. The van der Waals surface area contributed by atoms with Crippen molar-refractivity contribution in [3.63, 3.8) is 0 Å². The van der Waals surface area contributed by atoms with Crippen molar-refractivity contribution in [1.29, 1.82) is 0 Å². The molecule has 1 aliphatic carbocycles. The Bertz CT molecular complexity index is 194. The molecule has 0 unspecified atom stereocenters. The average molecular weight is 228 g/mol. The van der Waals surface area contributed by atoms with E-state index in [-0.39, 0.29) is 0 Å². The van der Waals surface area contributed by atoms with Gasteiger partial charge in [-0.1, -0.05) is 38.9 Å². The second-order valence-electron chi connectivity index (χ2n) is 4.55. The highest BCUT2D eigenvalue weighted by atomic mass is 32.1. The fraction of sp³-hybridized carbons (Fsp3) is 0.917. The van der Waals surface area contributed by atoms with E-state index in [2.05, 4.69) is 18.7 Å². The highest BCUT2D eigenvalue weighted by Crippen LogP contribution is 2.26. The van der Waals surface area contributed by atoms with Crippen LogP contribution in [-0.4, -0.2) is 28.5 Å². The zero-order chi connectivity index (χ0) is 11.3. The van der Waals surface area contributed by atoms with Crippen molar-refractivity contribution in [3.05, 3.63) is 0 Å². The van der Waals surface area contributed by atoms with Gasteiger partial charge in [-0.3, -0.25) is 4.90 Å². The molecule has 0 aliphatic heterocycles. The second kappa shape index (κ2) is 6.44. The van der Waals surface area contributed by atoms with Crippen LogP contribution in [0.2, 0.25) is 0 Å². The van der Waals surface area contributed by atoms with E-state index in [4.69, 9.17) is 18.0 Å². The van der Waals surface area contributed by atoms with Crippen LogP contribution in [0, 0.1) is 0 Å². The normalized spacial score (nSPS) is 17.9. The maximum Gasteiger partial charge on any atom is 0.0870 e. The van der Waals surface area contributed by atoms with Gasteiger partial charge in [0.15, 0.2) is 0 Å². The Kier molecular flexibility index (Phi) is 5.54. The number of nitrogens with two attached hydrogens (primary N) is 1. The lowest BCUT2D eigenvalue weighted by Crippen LogP contribution is -2.45. The van der Waals surface area contributed by atoms with E-state index in [0.29, 0.717) is 11.0 Å². The lowest BCUT2D eigenvalue weighted by Gasteiger charge is -2.35. The Morgan fingerprint density at radius 1 is 1.33 bits per heavy atom. The Morgan fingerprint density at radius 3 is 2.27 bits per heavy atom. The van der Waals surface area contributed by atoms with Crippen LogP contribution in [0.5, 0.6) is 0 Å². The van der Waals surface area contributed by atoms with Crippen molar-refractivity contribution in [2.24, 2.45) is 5.73 Å². The van der Waals surface area contributed by atoms with Crippen LogP contribution in [0.1, 0.15) is 52.4 Å². The van der Waals surface area contributed by atoms with E-state index in [1.807, 2.05) is 0 Å². The van der Waals surface area contributed by atoms with Crippen LogP contribution in [0.4, 0.5) is 0 Å². The predicted molar refractivity (Wildman–Crippen MR) is 70.1 cm³/mol. The molecule has 88 valence electrons. The maximum atomic E-state index is 5.70. The quantitative estimate of drug-likeness (QED) is 0.709. The first-order valence-electron chi connectivity index (χ1n) is 6.23. The number of hydrogen-bond acceptors (Lipinski definition) is 2.